The van der Waals surface area contributed by atoms with Gasteiger partial charge in [0.15, 0.2) is 0 Å². The van der Waals surface area contributed by atoms with Gasteiger partial charge in [0.1, 0.15) is 41.2 Å². The van der Waals surface area contributed by atoms with Gasteiger partial charge in [0.25, 0.3) is 0 Å². The maximum absolute atomic E-state index is 14.0. The van der Waals surface area contributed by atoms with Crippen molar-refractivity contribution in [1.82, 2.24) is 34.9 Å². The highest BCUT2D eigenvalue weighted by Gasteiger charge is 2.49. The number of likely N-dealkylation sites (tertiary alicyclic amines) is 1. The minimum absolute atomic E-state index is 0.0385. The summed E-state index contributed by atoms with van der Waals surface area (Å²) in [6.45, 7) is 5.05. The molecule has 2 aliphatic rings. The van der Waals surface area contributed by atoms with Crippen molar-refractivity contribution in [1.29, 1.82) is 0 Å². The maximum Gasteiger partial charge on any atom is 0.302 e. The smallest absolute Gasteiger partial charge is 0.302 e. The van der Waals surface area contributed by atoms with Gasteiger partial charge in [0.2, 0.25) is 5.91 Å². The van der Waals surface area contributed by atoms with Crippen molar-refractivity contribution in [3.63, 3.8) is 0 Å². The van der Waals surface area contributed by atoms with Gasteiger partial charge in [-0.05, 0) is 24.3 Å². The van der Waals surface area contributed by atoms with Gasteiger partial charge in [-0.15, -0.1) is 22.0 Å². The highest BCUT2D eigenvalue weighted by Crippen LogP contribution is 2.43. The molecule has 13 nitrogen and oxygen atoms in total. The first-order valence-electron chi connectivity index (χ1n) is 15.8. The first kappa shape index (κ1) is 34.6. The fourth-order valence-electron chi connectivity index (χ4n) is 6.39. The van der Waals surface area contributed by atoms with Crippen LogP contribution in [0.3, 0.4) is 0 Å². The van der Waals surface area contributed by atoms with E-state index >= 15 is 0 Å². The average molecular weight is 698 g/mol. The molecule has 2 saturated heterocycles. The normalized spacial score (nSPS) is 27.2. The van der Waals surface area contributed by atoms with E-state index in [0.717, 1.165) is 0 Å². The van der Waals surface area contributed by atoms with Gasteiger partial charge in [0, 0.05) is 51.1 Å². The Morgan fingerprint density at radius 1 is 0.980 bits per heavy atom. The van der Waals surface area contributed by atoms with Gasteiger partial charge < -0.3 is 24.2 Å². The van der Waals surface area contributed by atoms with Crippen LogP contribution in [0.2, 0.25) is 0 Å². The van der Waals surface area contributed by atoms with Gasteiger partial charge >= 0.3 is 5.97 Å². The lowest BCUT2D eigenvalue weighted by molar-refractivity contribution is -0.172. The molecule has 2 aliphatic heterocycles. The fourth-order valence-corrected chi connectivity index (χ4v) is 7.98. The molecule has 2 aromatic carbocycles. The number of carbonyl (C=O) groups excluding carboxylic acids is 2. The van der Waals surface area contributed by atoms with E-state index in [9.17, 15) is 23.5 Å². The molecule has 2 aromatic heterocycles. The second kappa shape index (κ2) is 14.7. The Morgan fingerprint density at radius 3 is 2.16 bits per heavy atom. The van der Waals surface area contributed by atoms with Crippen LogP contribution in [0, 0.1) is 17.6 Å². The minimum atomic E-state index is -1.01. The van der Waals surface area contributed by atoms with E-state index in [2.05, 4.69) is 20.6 Å². The first-order valence-corrected chi connectivity index (χ1v) is 16.7. The summed E-state index contributed by atoms with van der Waals surface area (Å²) in [5.41, 5.74) is 1.23. The van der Waals surface area contributed by atoms with Crippen LogP contribution in [0.25, 0.3) is 22.5 Å². The summed E-state index contributed by atoms with van der Waals surface area (Å²) in [6, 6.07) is 10.9. The number of hydrogen-bond acceptors (Lipinski definition) is 11. The quantitative estimate of drug-likeness (QED) is 0.256. The lowest BCUT2D eigenvalue weighted by Gasteiger charge is -2.47. The highest BCUT2D eigenvalue weighted by molar-refractivity contribution is 8.00. The number of halogens is 2. The number of thioether (sulfide) groups is 1. The molecule has 4 heterocycles. The summed E-state index contributed by atoms with van der Waals surface area (Å²) < 4.78 is 49.0. The summed E-state index contributed by atoms with van der Waals surface area (Å²) in [5.74, 6) is -1.77. The van der Waals surface area contributed by atoms with Gasteiger partial charge in [-0.2, -0.15) is 0 Å². The summed E-state index contributed by atoms with van der Waals surface area (Å²) in [4.78, 5) is 26.2. The number of piperidine rings is 1. The van der Waals surface area contributed by atoms with Crippen molar-refractivity contribution < 1.29 is 37.7 Å². The van der Waals surface area contributed by atoms with Crippen LogP contribution in [0.4, 0.5) is 8.78 Å². The number of esters is 1. The topological polar surface area (TPSA) is 147 Å². The molecule has 0 saturated carbocycles. The number of methoxy groups -OCH3 is 1. The van der Waals surface area contributed by atoms with E-state index in [1.807, 2.05) is 6.92 Å². The number of nitrogens with zero attached hydrogens (tertiary/aromatic N) is 7. The third-order valence-corrected chi connectivity index (χ3v) is 10.4. The van der Waals surface area contributed by atoms with E-state index in [-0.39, 0.29) is 31.5 Å². The number of aliphatic hydroxyl groups is 1. The molecule has 49 heavy (non-hydrogen) atoms. The molecular formula is C33H37F2N7O6S. The number of aliphatic hydroxyl groups excluding tert-OH is 1. The van der Waals surface area contributed by atoms with Gasteiger partial charge in [0.05, 0.1) is 41.9 Å². The van der Waals surface area contributed by atoms with Crippen molar-refractivity contribution in [3.05, 3.63) is 72.6 Å². The predicted octanol–water partition coefficient (Wildman–Crippen LogP) is 3.53. The van der Waals surface area contributed by atoms with Crippen LogP contribution in [-0.2, 0) is 23.8 Å². The minimum Gasteiger partial charge on any atom is -0.463 e. The lowest BCUT2D eigenvalue weighted by Crippen LogP contribution is -2.56. The Morgan fingerprint density at radius 2 is 1.59 bits per heavy atom. The van der Waals surface area contributed by atoms with Crippen LogP contribution < -0.4 is 0 Å². The van der Waals surface area contributed by atoms with Gasteiger partial charge in [-0.25, -0.2) is 18.1 Å². The van der Waals surface area contributed by atoms with Crippen molar-refractivity contribution >= 4 is 23.6 Å². The van der Waals surface area contributed by atoms with Crippen LogP contribution in [0.15, 0.2) is 60.9 Å². The lowest BCUT2D eigenvalue weighted by atomic mass is 9.89. The Bertz CT molecular complexity index is 1790. The van der Waals surface area contributed by atoms with E-state index in [1.54, 1.807) is 53.4 Å². The molecule has 2 fully saturated rings. The molecule has 0 radical (unpaired) electrons. The summed E-state index contributed by atoms with van der Waals surface area (Å²) in [7, 11) is 1.55. The monoisotopic (exact) mass is 697 g/mol. The SMILES string of the molecule is COC1C(SC2CN(C(C)=O)CC(n3cc(-c4cccc(F)c4)nn3)C2O)OC(COC(C)=O)C(C)C1n1cc(-c2cccc(F)c2)nn1. The van der Waals surface area contributed by atoms with Gasteiger partial charge in [-0.1, -0.05) is 41.6 Å². The van der Waals surface area contributed by atoms with E-state index < -0.39 is 58.7 Å². The molecule has 16 heteroatoms. The summed E-state index contributed by atoms with van der Waals surface area (Å²) in [6.07, 6.45) is 1.09. The first-order chi connectivity index (χ1) is 23.5. The Balaban J connectivity index is 1.29. The largest absolute Gasteiger partial charge is 0.463 e. The molecule has 4 aromatic rings. The van der Waals surface area contributed by atoms with Crippen LogP contribution in [0.1, 0.15) is 32.9 Å². The fraction of sp³-hybridized carbons (Fsp3) is 0.455. The number of amides is 1. The van der Waals surface area contributed by atoms with E-state index in [4.69, 9.17) is 14.2 Å². The molecule has 0 bridgehead atoms. The van der Waals surface area contributed by atoms with E-state index in [1.165, 1.54) is 54.6 Å². The molecule has 8 unspecified atom stereocenters. The Hall–Kier alpha value is -4.25. The number of ether oxygens (including phenoxy) is 3. The number of aromatic nitrogens is 6. The van der Waals surface area contributed by atoms with Gasteiger partial charge in [-0.3, -0.25) is 9.59 Å². The standard InChI is InChI=1S/C33H37F2N7O6S/c1-18-28(17-47-20(3)44)48-33(32(46-4)30(18)42-14-26(37-39-42)22-8-6-10-24(35)12-22)49-29-16-40(19(2)43)15-27(31(29)45)41-13-25(36-38-41)21-7-5-9-23(34)11-21/h5-14,18,27-33,45H,15-17H2,1-4H3. The molecule has 0 spiro atoms. The third kappa shape index (κ3) is 7.51. The maximum atomic E-state index is 14.0. The zero-order valence-corrected chi connectivity index (χ0v) is 28.1. The molecule has 6 rings (SSSR count). The number of carbonyl (C=O) groups is 2. The second-order valence-corrected chi connectivity index (χ2v) is 13.6. The van der Waals surface area contributed by atoms with Crippen LogP contribution in [-0.4, -0.2) is 108 Å². The van der Waals surface area contributed by atoms with Crippen molar-refractivity contribution in [2.45, 2.75) is 61.9 Å². The molecule has 1 amide bonds. The molecular weight excluding hydrogens is 660 g/mol. The zero-order valence-electron chi connectivity index (χ0n) is 27.3. The van der Waals surface area contributed by atoms with Crippen molar-refractivity contribution in [2.24, 2.45) is 5.92 Å². The highest BCUT2D eigenvalue weighted by atomic mass is 32.2. The predicted molar refractivity (Wildman–Crippen MR) is 174 cm³/mol. The number of rotatable bonds is 9. The number of benzene rings is 2. The molecule has 0 aliphatic carbocycles. The second-order valence-electron chi connectivity index (χ2n) is 12.2. The van der Waals surface area contributed by atoms with E-state index in [0.29, 0.717) is 22.5 Å². The molecule has 1 N–H and O–H groups in total. The average Bonchev–Trinajstić information content (AvgIpc) is 3.76. The van der Waals surface area contributed by atoms with Crippen molar-refractivity contribution in [3.8, 4) is 22.5 Å². The van der Waals surface area contributed by atoms with Crippen molar-refractivity contribution in [2.75, 3.05) is 26.8 Å². The molecule has 260 valence electrons. The zero-order chi connectivity index (χ0) is 34.8. The summed E-state index contributed by atoms with van der Waals surface area (Å²) >= 11 is 1.30. The number of hydrogen-bond donors (Lipinski definition) is 1. The van der Waals surface area contributed by atoms with Crippen LogP contribution in [0.5, 0.6) is 0 Å². The van der Waals surface area contributed by atoms with Crippen LogP contribution >= 0.6 is 11.8 Å². The molecule has 8 atom stereocenters. The Labute approximate surface area is 285 Å². The third-order valence-electron chi connectivity index (χ3n) is 9.01. The summed E-state index contributed by atoms with van der Waals surface area (Å²) in [5, 5.41) is 28.3. The Kier molecular flexibility index (Phi) is 10.4.